The highest BCUT2D eigenvalue weighted by Crippen LogP contribution is 2.17. The highest BCUT2D eigenvalue weighted by atomic mass is 32.2. The van der Waals surface area contributed by atoms with E-state index in [0.29, 0.717) is 13.1 Å². The molecule has 3 aromatic rings. The third-order valence-corrected chi connectivity index (χ3v) is 5.75. The summed E-state index contributed by atoms with van der Waals surface area (Å²) in [5, 5.41) is 19.8. The molecule has 0 unspecified atom stereocenters. The van der Waals surface area contributed by atoms with Crippen LogP contribution in [-0.4, -0.2) is 49.1 Å². The van der Waals surface area contributed by atoms with Gasteiger partial charge in [0.15, 0.2) is 11.8 Å². The summed E-state index contributed by atoms with van der Waals surface area (Å²) in [7, 11) is 1.97. The molecule has 166 valence electrons. The van der Waals surface area contributed by atoms with E-state index in [2.05, 4.69) is 57.3 Å². The number of hydrogen-bond acceptors (Lipinski definition) is 5. The van der Waals surface area contributed by atoms with Crippen LogP contribution in [0.5, 0.6) is 0 Å². The summed E-state index contributed by atoms with van der Waals surface area (Å²) in [6, 6.07) is 10.4. The van der Waals surface area contributed by atoms with Crippen LogP contribution in [0.1, 0.15) is 35.0 Å². The predicted molar refractivity (Wildman–Crippen MR) is 128 cm³/mol. The molecule has 9 heteroatoms. The number of hydrogen-bond donors (Lipinski definition) is 2. The van der Waals surface area contributed by atoms with Gasteiger partial charge in [0.1, 0.15) is 5.82 Å². The maximum atomic E-state index is 4.85. The van der Waals surface area contributed by atoms with E-state index in [9.17, 15) is 0 Å². The summed E-state index contributed by atoms with van der Waals surface area (Å²) in [6.07, 6.45) is 3.20. The zero-order valence-corrected chi connectivity index (χ0v) is 19.8. The molecule has 0 fully saturated rings. The number of aryl methyl sites for hydroxylation is 3. The van der Waals surface area contributed by atoms with E-state index < -0.39 is 0 Å². The van der Waals surface area contributed by atoms with Crippen LogP contribution in [0.15, 0.2) is 35.3 Å². The third kappa shape index (κ3) is 6.10. The van der Waals surface area contributed by atoms with Crippen molar-refractivity contribution < 1.29 is 0 Å². The van der Waals surface area contributed by atoms with Crippen molar-refractivity contribution >= 4 is 17.7 Å². The molecule has 0 aliphatic heterocycles. The molecule has 0 radical (unpaired) electrons. The SMILES string of the molecule is CSCCCNC(=NCc1ccccc1-n1nc(C)cc1C)NCc1nnc(C)n1C. The first-order valence-corrected chi connectivity index (χ1v) is 11.9. The normalized spacial score (nSPS) is 11.7. The van der Waals surface area contributed by atoms with Crippen LogP contribution in [0.25, 0.3) is 5.69 Å². The molecular formula is C22H32N8S. The van der Waals surface area contributed by atoms with E-state index in [1.807, 2.05) is 54.0 Å². The van der Waals surface area contributed by atoms with Crippen molar-refractivity contribution in [2.75, 3.05) is 18.6 Å². The predicted octanol–water partition coefficient (Wildman–Crippen LogP) is 2.91. The maximum absolute atomic E-state index is 4.85. The lowest BCUT2D eigenvalue weighted by Gasteiger charge is -2.14. The minimum Gasteiger partial charge on any atom is -0.356 e. The zero-order valence-electron chi connectivity index (χ0n) is 19.0. The molecule has 0 aliphatic rings. The van der Waals surface area contributed by atoms with Gasteiger partial charge >= 0.3 is 0 Å². The van der Waals surface area contributed by atoms with Crippen molar-refractivity contribution in [2.45, 2.75) is 40.3 Å². The van der Waals surface area contributed by atoms with Gasteiger partial charge in [-0.2, -0.15) is 16.9 Å². The van der Waals surface area contributed by atoms with Gasteiger partial charge in [0.25, 0.3) is 0 Å². The molecule has 1 aromatic carbocycles. The number of para-hydroxylation sites is 1. The van der Waals surface area contributed by atoms with Crippen LogP contribution in [-0.2, 0) is 20.1 Å². The lowest BCUT2D eigenvalue weighted by atomic mass is 10.2. The van der Waals surface area contributed by atoms with Gasteiger partial charge in [0.05, 0.1) is 24.5 Å². The topological polar surface area (TPSA) is 84.9 Å². The average Bonchev–Trinajstić information content (AvgIpc) is 3.27. The third-order valence-electron chi connectivity index (χ3n) is 5.05. The largest absolute Gasteiger partial charge is 0.356 e. The van der Waals surface area contributed by atoms with Gasteiger partial charge in [0.2, 0.25) is 0 Å². The molecule has 2 N–H and O–H groups in total. The number of nitrogens with one attached hydrogen (secondary N) is 2. The summed E-state index contributed by atoms with van der Waals surface area (Å²) in [6.45, 7) is 8.00. The molecular weight excluding hydrogens is 408 g/mol. The molecule has 0 aliphatic carbocycles. The second-order valence-corrected chi connectivity index (χ2v) is 8.47. The van der Waals surface area contributed by atoms with Crippen molar-refractivity contribution in [2.24, 2.45) is 12.0 Å². The van der Waals surface area contributed by atoms with E-state index in [1.54, 1.807) is 0 Å². The fourth-order valence-corrected chi connectivity index (χ4v) is 3.69. The number of aromatic nitrogens is 5. The second kappa shape index (κ2) is 11.0. The molecule has 2 aromatic heterocycles. The minimum atomic E-state index is 0.546. The smallest absolute Gasteiger partial charge is 0.191 e. The Morgan fingerprint density at radius 1 is 1.13 bits per heavy atom. The first-order chi connectivity index (χ1) is 15.0. The molecule has 0 atom stereocenters. The molecule has 3 rings (SSSR count). The van der Waals surface area contributed by atoms with Crippen LogP contribution >= 0.6 is 11.8 Å². The van der Waals surface area contributed by atoms with Crippen LogP contribution in [0, 0.1) is 20.8 Å². The van der Waals surface area contributed by atoms with Gasteiger partial charge in [-0.3, -0.25) is 0 Å². The number of guanidine groups is 1. The van der Waals surface area contributed by atoms with Gasteiger partial charge in [-0.05, 0) is 56.9 Å². The van der Waals surface area contributed by atoms with Crippen LogP contribution in [0.4, 0.5) is 0 Å². The Labute approximate surface area is 188 Å². The van der Waals surface area contributed by atoms with Crippen molar-refractivity contribution in [1.82, 2.24) is 35.2 Å². The molecule has 0 amide bonds. The van der Waals surface area contributed by atoms with Gasteiger partial charge < -0.3 is 15.2 Å². The van der Waals surface area contributed by atoms with E-state index in [0.717, 1.165) is 59.0 Å². The van der Waals surface area contributed by atoms with Crippen molar-refractivity contribution in [3.05, 3.63) is 58.9 Å². The van der Waals surface area contributed by atoms with E-state index in [4.69, 9.17) is 4.99 Å². The van der Waals surface area contributed by atoms with Gasteiger partial charge in [-0.15, -0.1) is 10.2 Å². The Hall–Kier alpha value is -2.81. The molecule has 8 nitrogen and oxygen atoms in total. The monoisotopic (exact) mass is 440 g/mol. The van der Waals surface area contributed by atoms with Crippen LogP contribution < -0.4 is 10.6 Å². The number of thioether (sulfide) groups is 1. The zero-order chi connectivity index (χ0) is 22.2. The van der Waals surface area contributed by atoms with Crippen LogP contribution in [0.3, 0.4) is 0 Å². The summed E-state index contributed by atoms with van der Waals surface area (Å²) in [5.41, 5.74) is 4.30. The summed E-state index contributed by atoms with van der Waals surface area (Å²) in [4.78, 5) is 4.85. The number of nitrogens with zero attached hydrogens (tertiary/aromatic N) is 6. The highest BCUT2D eigenvalue weighted by Gasteiger charge is 2.10. The standard InChI is InChI=1S/C22H32N8S/c1-16-13-17(2)30(28-16)20-10-7-6-9-19(20)14-24-22(23-11-8-12-31-5)25-15-21-27-26-18(3)29(21)4/h6-7,9-10,13H,8,11-12,14-15H2,1-5H3,(H2,23,24,25). The molecule has 2 heterocycles. The van der Waals surface area contributed by atoms with Crippen molar-refractivity contribution in [3.63, 3.8) is 0 Å². The average molecular weight is 441 g/mol. The fourth-order valence-electron chi connectivity index (χ4n) is 3.25. The van der Waals surface area contributed by atoms with E-state index in [-0.39, 0.29) is 0 Å². The van der Waals surface area contributed by atoms with Crippen LogP contribution in [0.2, 0.25) is 0 Å². The molecule has 31 heavy (non-hydrogen) atoms. The van der Waals surface area contributed by atoms with Crippen molar-refractivity contribution in [1.29, 1.82) is 0 Å². The van der Waals surface area contributed by atoms with Gasteiger partial charge in [0, 0.05) is 19.3 Å². The molecule has 0 saturated heterocycles. The first-order valence-electron chi connectivity index (χ1n) is 10.5. The minimum absolute atomic E-state index is 0.546. The van der Waals surface area contributed by atoms with E-state index in [1.165, 1.54) is 0 Å². The fraction of sp³-hybridized carbons (Fsp3) is 0.455. The quantitative estimate of drug-likeness (QED) is 0.302. The Morgan fingerprint density at radius 2 is 1.94 bits per heavy atom. The summed E-state index contributed by atoms with van der Waals surface area (Å²) >= 11 is 1.85. The molecule has 0 spiro atoms. The van der Waals surface area contributed by atoms with Gasteiger partial charge in [-0.25, -0.2) is 9.67 Å². The Morgan fingerprint density at radius 3 is 2.61 bits per heavy atom. The second-order valence-electron chi connectivity index (χ2n) is 7.48. The van der Waals surface area contributed by atoms with E-state index >= 15 is 0 Å². The molecule has 0 bridgehead atoms. The number of aliphatic imine (C=N–C) groups is 1. The molecule has 0 saturated carbocycles. The van der Waals surface area contributed by atoms with Gasteiger partial charge in [-0.1, -0.05) is 18.2 Å². The number of benzene rings is 1. The maximum Gasteiger partial charge on any atom is 0.191 e. The first kappa shape index (κ1) is 22.9. The lowest BCUT2D eigenvalue weighted by Crippen LogP contribution is -2.38. The highest BCUT2D eigenvalue weighted by molar-refractivity contribution is 7.98. The Bertz CT molecular complexity index is 1020. The summed E-state index contributed by atoms with van der Waals surface area (Å²) < 4.78 is 3.97. The summed E-state index contributed by atoms with van der Waals surface area (Å²) in [5.74, 6) is 3.65. The Kier molecular flexibility index (Phi) is 8.11. The van der Waals surface area contributed by atoms with Crippen molar-refractivity contribution in [3.8, 4) is 5.69 Å². The Balaban J connectivity index is 1.76. The lowest BCUT2D eigenvalue weighted by molar-refractivity contribution is 0.710. The number of rotatable bonds is 9.